The molecule has 1 aromatic rings. The van der Waals surface area contributed by atoms with Crippen LogP contribution in [0.2, 0.25) is 0 Å². The number of carbonyl (C=O) groups is 1. The number of hydrogen-bond donors (Lipinski definition) is 2. The van der Waals surface area contributed by atoms with Crippen LogP contribution in [0.4, 0.5) is 5.82 Å². The third-order valence-corrected chi connectivity index (χ3v) is 4.08. The van der Waals surface area contributed by atoms with Gasteiger partial charge in [-0.3, -0.25) is 0 Å². The number of anilines is 1. The highest BCUT2D eigenvalue weighted by Gasteiger charge is 2.34. The van der Waals surface area contributed by atoms with E-state index in [0.29, 0.717) is 12.4 Å². The van der Waals surface area contributed by atoms with Crippen molar-refractivity contribution in [3.05, 3.63) is 18.1 Å². The van der Waals surface area contributed by atoms with Crippen LogP contribution in [-0.4, -0.2) is 40.3 Å². The van der Waals surface area contributed by atoms with E-state index in [4.69, 9.17) is 9.84 Å². The number of nitrogens with one attached hydrogen (secondary N) is 1. The maximum absolute atomic E-state index is 10.7. The lowest BCUT2D eigenvalue weighted by Crippen LogP contribution is -2.42. The Balaban J connectivity index is 1.94. The van der Waals surface area contributed by atoms with Crippen molar-refractivity contribution in [3.8, 4) is 0 Å². The minimum atomic E-state index is -1.07. The molecule has 1 aliphatic rings. The van der Waals surface area contributed by atoms with E-state index in [9.17, 15) is 4.79 Å². The molecule has 0 atom stereocenters. The molecule has 0 saturated heterocycles. The summed E-state index contributed by atoms with van der Waals surface area (Å²) in [7, 11) is 1.75. The number of rotatable bonds is 5. The van der Waals surface area contributed by atoms with Crippen LogP contribution < -0.4 is 5.32 Å². The Labute approximate surface area is 118 Å². The van der Waals surface area contributed by atoms with Gasteiger partial charge in [-0.15, -0.1) is 0 Å². The van der Waals surface area contributed by atoms with Crippen molar-refractivity contribution in [2.75, 3.05) is 19.0 Å². The Morgan fingerprint density at radius 1 is 1.45 bits per heavy atom. The number of ether oxygens (including phenoxy) is 1. The van der Waals surface area contributed by atoms with Crippen molar-refractivity contribution in [1.82, 2.24) is 9.97 Å². The first-order chi connectivity index (χ1) is 9.54. The molecular weight excluding hydrogens is 258 g/mol. The zero-order valence-electron chi connectivity index (χ0n) is 11.9. The van der Waals surface area contributed by atoms with Crippen LogP contribution in [0.1, 0.15) is 43.1 Å². The normalized spacial score (nSPS) is 26.2. The van der Waals surface area contributed by atoms with Crippen LogP contribution in [0.5, 0.6) is 0 Å². The summed E-state index contributed by atoms with van der Waals surface area (Å²) in [4.78, 5) is 18.6. The number of aromatic nitrogens is 2. The smallest absolute Gasteiger partial charge is 0.356 e. The Kier molecular flexibility index (Phi) is 4.54. The molecule has 2 rings (SSSR count). The minimum Gasteiger partial charge on any atom is -0.476 e. The first kappa shape index (κ1) is 14.7. The number of aromatic carboxylic acids is 1. The van der Waals surface area contributed by atoms with E-state index in [1.807, 2.05) is 0 Å². The Hall–Kier alpha value is -1.69. The van der Waals surface area contributed by atoms with Gasteiger partial charge in [0.05, 0.1) is 18.0 Å². The highest BCUT2D eigenvalue weighted by molar-refractivity contribution is 5.84. The fourth-order valence-electron chi connectivity index (χ4n) is 2.52. The van der Waals surface area contributed by atoms with Crippen molar-refractivity contribution in [1.29, 1.82) is 0 Å². The molecule has 0 unspecified atom stereocenters. The number of methoxy groups -OCH3 is 1. The molecule has 1 fully saturated rings. The van der Waals surface area contributed by atoms with E-state index in [0.717, 1.165) is 18.8 Å². The molecule has 0 aromatic carbocycles. The van der Waals surface area contributed by atoms with Gasteiger partial charge >= 0.3 is 5.97 Å². The zero-order valence-corrected chi connectivity index (χ0v) is 11.9. The number of carboxylic acid groups (broad SMARTS) is 1. The van der Waals surface area contributed by atoms with Crippen molar-refractivity contribution in [3.63, 3.8) is 0 Å². The van der Waals surface area contributed by atoms with Gasteiger partial charge in [-0.1, -0.05) is 6.92 Å². The molecule has 0 radical (unpaired) electrons. The summed E-state index contributed by atoms with van der Waals surface area (Å²) in [6, 6.07) is 0. The lowest BCUT2D eigenvalue weighted by molar-refractivity contribution is -0.0366. The third kappa shape index (κ3) is 3.45. The van der Waals surface area contributed by atoms with Gasteiger partial charge in [0.15, 0.2) is 5.69 Å². The first-order valence-corrected chi connectivity index (χ1v) is 6.89. The van der Waals surface area contributed by atoms with E-state index in [-0.39, 0.29) is 11.3 Å². The summed E-state index contributed by atoms with van der Waals surface area (Å²) in [6.45, 7) is 2.93. The van der Waals surface area contributed by atoms with Crippen molar-refractivity contribution >= 4 is 11.8 Å². The fourth-order valence-corrected chi connectivity index (χ4v) is 2.52. The first-order valence-electron chi connectivity index (χ1n) is 6.89. The zero-order chi connectivity index (χ0) is 14.6. The van der Waals surface area contributed by atoms with Gasteiger partial charge in [-0.25, -0.2) is 14.8 Å². The summed E-state index contributed by atoms with van der Waals surface area (Å²) in [5, 5.41) is 12.0. The summed E-state index contributed by atoms with van der Waals surface area (Å²) in [5.74, 6) is 0.261. The summed E-state index contributed by atoms with van der Waals surface area (Å²) >= 11 is 0. The van der Waals surface area contributed by atoms with Crippen LogP contribution in [0.25, 0.3) is 0 Å². The van der Waals surface area contributed by atoms with Gasteiger partial charge in [0.1, 0.15) is 5.82 Å². The molecule has 6 nitrogen and oxygen atoms in total. The summed E-state index contributed by atoms with van der Waals surface area (Å²) in [5.41, 5.74) is -0.205. The molecule has 0 spiro atoms. The van der Waals surface area contributed by atoms with Crippen LogP contribution in [0.15, 0.2) is 12.4 Å². The van der Waals surface area contributed by atoms with E-state index in [1.165, 1.54) is 25.2 Å². The summed E-state index contributed by atoms with van der Waals surface area (Å²) < 4.78 is 5.71. The van der Waals surface area contributed by atoms with Crippen LogP contribution >= 0.6 is 0 Å². The maximum Gasteiger partial charge on any atom is 0.356 e. The average molecular weight is 279 g/mol. The standard InChI is InChI=1S/C14H21N3O3/c1-10-3-5-14(20-2,6-4-10)9-17-12-8-15-11(7-16-12)13(18)19/h7-8,10H,3-6,9H2,1-2H3,(H,16,17)(H,18,19). The molecule has 1 saturated carbocycles. The highest BCUT2D eigenvalue weighted by Crippen LogP contribution is 2.34. The highest BCUT2D eigenvalue weighted by atomic mass is 16.5. The molecule has 1 aliphatic carbocycles. The van der Waals surface area contributed by atoms with Crippen LogP contribution in [0.3, 0.4) is 0 Å². The lowest BCUT2D eigenvalue weighted by Gasteiger charge is -2.38. The molecule has 0 aliphatic heterocycles. The molecule has 1 aromatic heterocycles. The molecule has 6 heteroatoms. The SMILES string of the molecule is COC1(CNc2cnc(C(=O)O)cn2)CCC(C)CC1. The quantitative estimate of drug-likeness (QED) is 0.859. The van der Waals surface area contributed by atoms with E-state index in [2.05, 4.69) is 22.2 Å². The van der Waals surface area contributed by atoms with Gasteiger partial charge in [0.2, 0.25) is 0 Å². The second kappa shape index (κ2) is 6.17. The Morgan fingerprint density at radius 3 is 2.65 bits per heavy atom. The molecule has 2 N–H and O–H groups in total. The van der Waals surface area contributed by atoms with Crippen molar-refractivity contribution in [2.45, 2.75) is 38.2 Å². The molecule has 20 heavy (non-hydrogen) atoms. The number of carboxylic acids is 1. The third-order valence-electron chi connectivity index (χ3n) is 4.08. The van der Waals surface area contributed by atoms with Gasteiger partial charge in [-0.05, 0) is 31.6 Å². The molecular formula is C14H21N3O3. The van der Waals surface area contributed by atoms with Gasteiger partial charge in [0.25, 0.3) is 0 Å². The Morgan fingerprint density at radius 2 is 2.15 bits per heavy atom. The van der Waals surface area contributed by atoms with Gasteiger partial charge in [0, 0.05) is 13.7 Å². The number of nitrogens with zero attached hydrogens (tertiary/aromatic N) is 2. The van der Waals surface area contributed by atoms with E-state index < -0.39 is 5.97 Å². The van der Waals surface area contributed by atoms with Gasteiger partial charge in [-0.2, -0.15) is 0 Å². The predicted molar refractivity (Wildman–Crippen MR) is 74.9 cm³/mol. The molecule has 110 valence electrons. The van der Waals surface area contributed by atoms with Crippen LogP contribution in [0, 0.1) is 5.92 Å². The van der Waals surface area contributed by atoms with Gasteiger partial charge < -0.3 is 15.2 Å². The van der Waals surface area contributed by atoms with Crippen molar-refractivity contribution < 1.29 is 14.6 Å². The topological polar surface area (TPSA) is 84.3 Å². The Bertz CT molecular complexity index is 453. The molecule has 0 amide bonds. The predicted octanol–water partition coefficient (Wildman–Crippen LogP) is 2.18. The maximum atomic E-state index is 10.7. The second-order valence-electron chi connectivity index (χ2n) is 5.52. The number of hydrogen-bond acceptors (Lipinski definition) is 5. The monoisotopic (exact) mass is 279 g/mol. The lowest BCUT2D eigenvalue weighted by atomic mass is 9.79. The van der Waals surface area contributed by atoms with E-state index >= 15 is 0 Å². The fraction of sp³-hybridized carbons (Fsp3) is 0.643. The van der Waals surface area contributed by atoms with Crippen molar-refractivity contribution in [2.24, 2.45) is 5.92 Å². The second-order valence-corrected chi connectivity index (χ2v) is 5.52. The molecule has 1 heterocycles. The average Bonchev–Trinajstić information content (AvgIpc) is 2.48. The molecule has 0 bridgehead atoms. The van der Waals surface area contributed by atoms with Crippen LogP contribution in [-0.2, 0) is 4.74 Å². The summed E-state index contributed by atoms with van der Waals surface area (Å²) in [6.07, 6.45) is 7.08. The van der Waals surface area contributed by atoms with E-state index in [1.54, 1.807) is 7.11 Å². The largest absolute Gasteiger partial charge is 0.476 e. The minimum absolute atomic E-state index is 0.0523.